The molecule has 1 rings (SSSR count). The molecule has 0 saturated heterocycles. The van der Waals surface area contributed by atoms with Gasteiger partial charge in [0.2, 0.25) is 0 Å². The maximum atomic E-state index is 11.0. The summed E-state index contributed by atoms with van der Waals surface area (Å²) < 4.78 is 0. The number of aromatic hydroxyl groups is 1. The zero-order valence-electron chi connectivity index (χ0n) is 7.65. The molecule has 0 spiro atoms. The van der Waals surface area contributed by atoms with Gasteiger partial charge in [-0.25, -0.2) is 0 Å². The van der Waals surface area contributed by atoms with Crippen molar-refractivity contribution in [3.8, 4) is 5.75 Å². The Morgan fingerprint density at radius 2 is 1.93 bits per heavy atom. The molecule has 74 valence electrons. The SMILES string of the molecule is CC(=O)c1cc(O)cc(CC(=O)O)c1. The van der Waals surface area contributed by atoms with Crippen molar-refractivity contribution in [3.63, 3.8) is 0 Å². The number of Topliss-reactive ketones (excluding diaryl/α,β-unsaturated/α-hetero) is 1. The van der Waals surface area contributed by atoms with Crippen LogP contribution >= 0.6 is 0 Å². The van der Waals surface area contributed by atoms with Gasteiger partial charge < -0.3 is 10.2 Å². The largest absolute Gasteiger partial charge is 0.508 e. The van der Waals surface area contributed by atoms with E-state index in [-0.39, 0.29) is 18.0 Å². The van der Waals surface area contributed by atoms with E-state index in [4.69, 9.17) is 5.11 Å². The molecule has 0 amide bonds. The Labute approximate surface area is 80.8 Å². The van der Waals surface area contributed by atoms with Crippen molar-refractivity contribution in [1.29, 1.82) is 0 Å². The van der Waals surface area contributed by atoms with E-state index in [1.54, 1.807) is 0 Å². The summed E-state index contributed by atoms with van der Waals surface area (Å²) in [6.07, 6.45) is -0.200. The Morgan fingerprint density at radius 1 is 1.29 bits per heavy atom. The molecule has 0 atom stereocenters. The van der Waals surface area contributed by atoms with Crippen LogP contribution < -0.4 is 0 Å². The molecule has 0 bridgehead atoms. The number of ketones is 1. The number of carboxylic acid groups (broad SMARTS) is 1. The summed E-state index contributed by atoms with van der Waals surface area (Å²) >= 11 is 0. The van der Waals surface area contributed by atoms with Crippen molar-refractivity contribution < 1.29 is 19.8 Å². The first-order valence-corrected chi connectivity index (χ1v) is 4.04. The summed E-state index contributed by atoms with van der Waals surface area (Å²) in [5, 5.41) is 17.7. The minimum Gasteiger partial charge on any atom is -0.508 e. The highest BCUT2D eigenvalue weighted by Gasteiger charge is 2.06. The van der Waals surface area contributed by atoms with Gasteiger partial charge >= 0.3 is 5.97 Å². The van der Waals surface area contributed by atoms with Crippen LogP contribution in [0.1, 0.15) is 22.8 Å². The molecule has 0 heterocycles. The van der Waals surface area contributed by atoms with E-state index >= 15 is 0 Å². The third-order valence-electron chi connectivity index (χ3n) is 1.74. The fourth-order valence-electron chi connectivity index (χ4n) is 1.15. The summed E-state index contributed by atoms with van der Waals surface area (Å²) in [7, 11) is 0. The summed E-state index contributed by atoms with van der Waals surface area (Å²) in [6, 6.07) is 4.12. The van der Waals surface area contributed by atoms with Gasteiger partial charge in [-0.3, -0.25) is 9.59 Å². The van der Waals surface area contributed by atoms with Crippen molar-refractivity contribution in [2.45, 2.75) is 13.3 Å². The summed E-state index contributed by atoms with van der Waals surface area (Å²) in [4.78, 5) is 21.4. The maximum absolute atomic E-state index is 11.0. The third kappa shape index (κ3) is 2.58. The molecule has 0 radical (unpaired) electrons. The second kappa shape index (κ2) is 3.91. The minimum atomic E-state index is -0.995. The van der Waals surface area contributed by atoms with Crippen LogP contribution in [0.4, 0.5) is 0 Å². The van der Waals surface area contributed by atoms with Crippen molar-refractivity contribution in [2.24, 2.45) is 0 Å². The monoisotopic (exact) mass is 194 g/mol. The lowest BCUT2D eigenvalue weighted by molar-refractivity contribution is -0.136. The van der Waals surface area contributed by atoms with Gasteiger partial charge in [-0.15, -0.1) is 0 Å². The quantitative estimate of drug-likeness (QED) is 0.709. The number of rotatable bonds is 3. The molecule has 0 saturated carbocycles. The topological polar surface area (TPSA) is 74.6 Å². The molecule has 2 N–H and O–H groups in total. The molecule has 0 unspecified atom stereocenters. The number of hydrogen-bond donors (Lipinski definition) is 2. The van der Waals surface area contributed by atoms with Crippen LogP contribution in [0.2, 0.25) is 0 Å². The van der Waals surface area contributed by atoms with E-state index in [9.17, 15) is 14.7 Å². The highest BCUT2D eigenvalue weighted by Crippen LogP contribution is 2.16. The average molecular weight is 194 g/mol. The third-order valence-corrected chi connectivity index (χ3v) is 1.74. The van der Waals surface area contributed by atoms with Crippen molar-refractivity contribution in [3.05, 3.63) is 29.3 Å². The number of carboxylic acids is 1. The van der Waals surface area contributed by atoms with Crippen molar-refractivity contribution >= 4 is 11.8 Å². The number of aliphatic carboxylic acids is 1. The molecular formula is C10H10O4. The van der Waals surface area contributed by atoms with Crippen LogP contribution in [-0.2, 0) is 11.2 Å². The Hall–Kier alpha value is -1.84. The second-order valence-corrected chi connectivity index (χ2v) is 3.01. The van der Waals surface area contributed by atoms with Gasteiger partial charge in [0.1, 0.15) is 5.75 Å². The number of benzene rings is 1. The second-order valence-electron chi connectivity index (χ2n) is 3.01. The molecule has 0 aliphatic heterocycles. The lowest BCUT2D eigenvalue weighted by Gasteiger charge is -2.02. The van der Waals surface area contributed by atoms with Gasteiger partial charge in [-0.2, -0.15) is 0 Å². The number of phenols is 1. The number of phenolic OH excluding ortho intramolecular Hbond substituents is 1. The normalized spacial score (nSPS) is 9.79. The van der Waals surface area contributed by atoms with Crippen LogP contribution in [0.15, 0.2) is 18.2 Å². The molecule has 14 heavy (non-hydrogen) atoms. The van der Waals surface area contributed by atoms with E-state index in [1.165, 1.54) is 25.1 Å². The van der Waals surface area contributed by atoms with Crippen LogP contribution in [0, 0.1) is 0 Å². The smallest absolute Gasteiger partial charge is 0.307 e. The first kappa shape index (κ1) is 10.2. The van der Waals surface area contributed by atoms with Crippen LogP contribution in [0.5, 0.6) is 5.75 Å². The van der Waals surface area contributed by atoms with Crippen LogP contribution in [0.25, 0.3) is 0 Å². The molecule has 1 aromatic rings. The number of carbonyl (C=O) groups excluding carboxylic acids is 1. The zero-order chi connectivity index (χ0) is 10.7. The minimum absolute atomic E-state index is 0.0889. The summed E-state index contributed by atoms with van der Waals surface area (Å²) in [5.74, 6) is -1.29. The average Bonchev–Trinajstić information content (AvgIpc) is 2.01. The molecule has 4 nitrogen and oxygen atoms in total. The van der Waals surface area contributed by atoms with E-state index < -0.39 is 5.97 Å². The predicted octanol–water partition coefficient (Wildman–Crippen LogP) is 1.22. The zero-order valence-corrected chi connectivity index (χ0v) is 7.65. The van der Waals surface area contributed by atoms with Gasteiger partial charge in [0.15, 0.2) is 5.78 Å². The van der Waals surface area contributed by atoms with Crippen LogP contribution in [0.3, 0.4) is 0 Å². The highest BCUT2D eigenvalue weighted by molar-refractivity contribution is 5.94. The Balaban J connectivity index is 3.07. The van der Waals surface area contributed by atoms with Gasteiger partial charge in [-0.05, 0) is 30.7 Å². The van der Waals surface area contributed by atoms with Gasteiger partial charge in [0.25, 0.3) is 0 Å². The Bertz CT molecular complexity index is 382. The standard InChI is InChI=1S/C10H10O4/c1-6(11)8-2-7(4-10(13)14)3-9(12)5-8/h2-3,5,12H,4H2,1H3,(H,13,14). The van der Waals surface area contributed by atoms with E-state index in [2.05, 4.69) is 0 Å². The molecule has 0 aliphatic carbocycles. The number of carbonyl (C=O) groups is 2. The summed E-state index contributed by atoms with van der Waals surface area (Å²) in [6.45, 7) is 1.36. The molecule has 4 heteroatoms. The highest BCUT2D eigenvalue weighted by atomic mass is 16.4. The maximum Gasteiger partial charge on any atom is 0.307 e. The lowest BCUT2D eigenvalue weighted by Crippen LogP contribution is -2.01. The Morgan fingerprint density at radius 3 is 2.43 bits per heavy atom. The van der Waals surface area contributed by atoms with E-state index in [0.29, 0.717) is 11.1 Å². The van der Waals surface area contributed by atoms with E-state index in [1.807, 2.05) is 0 Å². The fourth-order valence-corrected chi connectivity index (χ4v) is 1.15. The van der Waals surface area contributed by atoms with Gasteiger partial charge in [-0.1, -0.05) is 0 Å². The fraction of sp³-hybridized carbons (Fsp3) is 0.200. The Kier molecular flexibility index (Phi) is 2.86. The summed E-state index contributed by atoms with van der Waals surface area (Å²) in [5.41, 5.74) is 0.740. The van der Waals surface area contributed by atoms with Crippen molar-refractivity contribution in [2.75, 3.05) is 0 Å². The van der Waals surface area contributed by atoms with E-state index in [0.717, 1.165) is 0 Å². The van der Waals surface area contributed by atoms with Crippen molar-refractivity contribution in [1.82, 2.24) is 0 Å². The van der Waals surface area contributed by atoms with Gasteiger partial charge in [0, 0.05) is 5.56 Å². The molecular weight excluding hydrogens is 184 g/mol. The first-order valence-electron chi connectivity index (χ1n) is 4.04. The molecule has 0 aliphatic rings. The molecule has 0 aromatic heterocycles. The molecule has 0 fully saturated rings. The first-order chi connectivity index (χ1) is 6.49. The molecule has 1 aromatic carbocycles. The van der Waals surface area contributed by atoms with Gasteiger partial charge in [0.05, 0.1) is 6.42 Å². The van der Waals surface area contributed by atoms with Crippen LogP contribution in [-0.4, -0.2) is 22.0 Å². The predicted molar refractivity (Wildman–Crippen MR) is 49.5 cm³/mol. The lowest BCUT2D eigenvalue weighted by atomic mass is 10.1. The number of hydrogen-bond acceptors (Lipinski definition) is 3.